The van der Waals surface area contributed by atoms with Crippen molar-refractivity contribution in [3.05, 3.63) is 26.8 Å². The Labute approximate surface area is 111 Å². The largest absolute Gasteiger partial charge is 0.381 e. The predicted octanol–water partition coefficient (Wildman–Crippen LogP) is 4.79. The van der Waals surface area contributed by atoms with E-state index in [9.17, 15) is 0 Å². The molecule has 0 aliphatic rings. The van der Waals surface area contributed by atoms with E-state index in [1.54, 1.807) is 0 Å². The summed E-state index contributed by atoms with van der Waals surface area (Å²) in [5.41, 5.74) is 1.18. The van der Waals surface area contributed by atoms with Crippen molar-refractivity contribution < 1.29 is 0 Å². The van der Waals surface area contributed by atoms with Crippen LogP contribution in [0.2, 0.25) is 5.02 Å². The predicted molar refractivity (Wildman–Crippen MR) is 76.7 cm³/mol. The van der Waals surface area contributed by atoms with Crippen LogP contribution in [0.15, 0.2) is 18.2 Å². The van der Waals surface area contributed by atoms with Crippen LogP contribution in [-0.2, 0) is 0 Å². The molecule has 0 spiro atoms. The lowest BCUT2D eigenvalue weighted by Crippen LogP contribution is -2.24. The van der Waals surface area contributed by atoms with Gasteiger partial charge in [0, 0.05) is 20.3 Å². The van der Waals surface area contributed by atoms with Crippen molar-refractivity contribution in [1.29, 1.82) is 0 Å². The fraction of sp³-hybridized carbons (Fsp3) is 0.500. The molecule has 1 aromatic rings. The molecular formula is C12H17ClIN. The summed E-state index contributed by atoms with van der Waals surface area (Å²) in [4.78, 5) is 0. The average molecular weight is 338 g/mol. The molecule has 1 N–H and O–H groups in total. The smallest absolute Gasteiger partial charge is 0.0479 e. The summed E-state index contributed by atoms with van der Waals surface area (Å²) in [5, 5.41) is 4.35. The first-order valence-electron chi connectivity index (χ1n) is 5.26. The highest BCUT2D eigenvalue weighted by Crippen LogP contribution is 2.24. The standard InChI is InChI=1S/C12H17ClIN/c1-4-11(8(2)3)15-12-6-5-9(13)7-10(12)14/h5-8,11,15H,4H2,1-3H3. The van der Waals surface area contributed by atoms with E-state index in [-0.39, 0.29) is 0 Å². The molecule has 0 amide bonds. The Balaban J connectivity index is 2.79. The van der Waals surface area contributed by atoms with Gasteiger partial charge in [-0.2, -0.15) is 0 Å². The first-order valence-corrected chi connectivity index (χ1v) is 6.71. The molecule has 0 aliphatic heterocycles. The zero-order valence-electron chi connectivity index (χ0n) is 9.35. The molecule has 1 atom stereocenters. The van der Waals surface area contributed by atoms with Crippen molar-refractivity contribution in [3.8, 4) is 0 Å². The second-order valence-corrected chi connectivity index (χ2v) is 5.63. The average Bonchev–Trinajstić information content (AvgIpc) is 2.16. The number of halogens is 2. The minimum Gasteiger partial charge on any atom is -0.381 e. The van der Waals surface area contributed by atoms with Gasteiger partial charge < -0.3 is 5.32 Å². The van der Waals surface area contributed by atoms with Crippen LogP contribution >= 0.6 is 34.2 Å². The molecule has 0 saturated carbocycles. The first kappa shape index (κ1) is 13.1. The third-order valence-corrected chi connectivity index (χ3v) is 3.64. The zero-order chi connectivity index (χ0) is 11.4. The lowest BCUT2D eigenvalue weighted by molar-refractivity contribution is 0.511. The topological polar surface area (TPSA) is 12.0 Å². The molecule has 15 heavy (non-hydrogen) atoms. The van der Waals surface area contributed by atoms with E-state index in [0.717, 1.165) is 11.4 Å². The summed E-state index contributed by atoms with van der Waals surface area (Å²) in [5.74, 6) is 0.640. The molecule has 1 aromatic carbocycles. The lowest BCUT2D eigenvalue weighted by Gasteiger charge is -2.22. The maximum Gasteiger partial charge on any atom is 0.0479 e. The number of benzene rings is 1. The fourth-order valence-corrected chi connectivity index (χ4v) is 2.57. The summed E-state index contributed by atoms with van der Waals surface area (Å²) in [6, 6.07) is 6.49. The second-order valence-electron chi connectivity index (χ2n) is 4.03. The van der Waals surface area contributed by atoms with Crippen LogP contribution in [-0.4, -0.2) is 6.04 Å². The number of anilines is 1. The number of hydrogen-bond donors (Lipinski definition) is 1. The minimum atomic E-state index is 0.527. The molecule has 1 nitrogen and oxygen atoms in total. The van der Waals surface area contributed by atoms with Gasteiger partial charge in [0.1, 0.15) is 0 Å². The van der Waals surface area contributed by atoms with Crippen LogP contribution in [0.5, 0.6) is 0 Å². The Kier molecular flexibility index (Phi) is 5.19. The molecule has 0 saturated heterocycles. The van der Waals surface area contributed by atoms with Gasteiger partial charge in [-0.05, 0) is 53.1 Å². The molecule has 0 bridgehead atoms. The lowest BCUT2D eigenvalue weighted by atomic mass is 10.0. The van der Waals surface area contributed by atoms with Crippen LogP contribution in [0.4, 0.5) is 5.69 Å². The van der Waals surface area contributed by atoms with Gasteiger partial charge in [-0.3, -0.25) is 0 Å². The number of rotatable bonds is 4. The molecule has 0 fully saturated rings. The van der Waals surface area contributed by atoms with Crippen molar-refractivity contribution in [2.45, 2.75) is 33.2 Å². The van der Waals surface area contributed by atoms with Crippen LogP contribution in [0.3, 0.4) is 0 Å². The quantitative estimate of drug-likeness (QED) is 0.779. The van der Waals surface area contributed by atoms with E-state index >= 15 is 0 Å². The van der Waals surface area contributed by atoms with E-state index in [4.69, 9.17) is 11.6 Å². The Morgan fingerprint density at radius 1 is 1.40 bits per heavy atom. The van der Waals surface area contributed by atoms with E-state index < -0.39 is 0 Å². The zero-order valence-corrected chi connectivity index (χ0v) is 12.3. The monoisotopic (exact) mass is 337 g/mol. The molecule has 0 aliphatic carbocycles. The molecule has 3 heteroatoms. The molecular weight excluding hydrogens is 320 g/mol. The van der Waals surface area contributed by atoms with Crippen LogP contribution in [0.1, 0.15) is 27.2 Å². The van der Waals surface area contributed by atoms with Crippen molar-refractivity contribution in [2.24, 2.45) is 5.92 Å². The Bertz CT molecular complexity index is 325. The van der Waals surface area contributed by atoms with Crippen LogP contribution < -0.4 is 5.32 Å². The van der Waals surface area contributed by atoms with Gasteiger partial charge in [0.15, 0.2) is 0 Å². The Hall–Kier alpha value is 0.0400. The molecule has 84 valence electrons. The van der Waals surface area contributed by atoms with E-state index in [1.807, 2.05) is 12.1 Å². The summed E-state index contributed by atoms with van der Waals surface area (Å²) >= 11 is 8.23. The van der Waals surface area contributed by atoms with Crippen LogP contribution in [0.25, 0.3) is 0 Å². The Morgan fingerprint density at radius 2 is 2.07 bits per heavy atom. The summed E-state index contributed by atoms with van der Waals surface area (Å²) < 4.78 is 1.18. The highest BCUT2D eigenvalue weighted by Gasteiger charge is 2.11. The van der Waals surface area contributed by atoms with Gasteiger partial charge in [0.2, 0.25) is 0 Å². The summed E-state index contributed by atoms with van der Waals surface area (Å²) in [7, 11) is 0. The fourth-order valence-electron chi connectivity index (χ4n) is 1.55. The highest BCUT2D eigenvalue weighted by atomic mass is 127. The van der Waals surface area contributed by atoms with Crippen molar-refractivity contribution >= 4 is 39.9 Å². The van der Waals surface area contributed by atoms with Gasteiger partial charge in [0.25, 0.3) is 0 Å². The minimum absolute atomic E-state index is 0.527. The molecule has 0 radical (unpaired) electrons. The van der Waals surface area contributed by atoms with Gasteiger partial charge in [-0.1, -0.05) is 32.4 Å². The van der Waals surface area contributed by atoms with Gasteiger partial charge in [-0.15, -0.1) is 0 Å². The summed E-state index contributed by atoms with van der Waals surface area (Å²) in [6.45, 7) is 6.69. The third-order valence-electron chi connectivity index (χ3n) is 2.52. The first-order chi connectivity index (χ1) is 7.04. The van der Waals surface area contributed by atoms with E-state index in [0.29, 0.717) is 12.0 Å². The van der Waals surface area contributed by atoms with Gasteiger partial charge in [0.05, 0.1) is 0 Å². The number of hydrogen-bond acceptors (Lipinski definition) is 1. The third kappa shape index (κ3) is 3.83. The SMILES string of the molecule is CCC(Nc1ccc(Cl)cc1I)C(C)C. The summed E-state index contributed by atoms with van der Waals surface area (Å²) in [6.07, 6.45) is 1.14. The normalized spacial score (nSPS) is 12.9. The molecule has 0 aromatic heterocycles. The van der Waals surface area contributed by atoms with Crippen LogP contribution in [0, 0.1) is 9.49 Å². The highest BCUT2D eigenvalue weighted by molar-refractivity contribution is 14.1. The van der Waals surface area contributed by atoms with Gasteiger partial charge >= 0.3 is 0 Å². The molecule has 1 unspecified atom stereocenters. The molecule has 1 rings (SSSR count). The van der Waals surface area contributed by atoms with Crippen molar-refractivity contribution in [3.63, 3.8) is 0 Å². The molecule has 0 heterocycles. The van der Waals surface area contributed by atoms with Gasteiger partial charge in [-0.25, -0.2) is 0 Å². The maximum atomic E-state index is 5.92. The van der Waals surface area contributed by atoms with E-state index in [2.05, 4.69) is 54.7 Å². The van der Waals surface area contributed by atoms with E-state index in [1.165, 1.54) is 9.26 Å². The van der Waals surface area contributed by atoms with Crippen molar-refractivity contribution in [2.75, 3.05) is 5.32 Å². The maximum absolute atomic E-state index is 5.92. The number of nitrogens with one attached hydrogen (secondary N) is 1. The Morgan fingerprint density at radius 3 is 2.53 bits per heavy atom. The second kappa shape index (κ2) is 5.94. The van der Waals surface area contributed by atoms with Crippen molar-refractivity contribution in [1.82, 2.24) is 0 Å².